The van der Waals surface area contributed by atoms with Gasteiger partial charge in [0.1, 0.15) is 0 Å². The molecule has 92 valence electrons. The number of hydrogen-bond donors (Lipinski definition) is 2. The van der Waals surface area contributed by atoms with Crippen molar-refractivity contribution in [2.45, 2.75) is 37.9 Å². The van der Waals surface area contributed by atoms with Crippen LogP contribution in [0.2, 0.25) is 0 Å². The topological polar surface area (TPSA) is 96.4 Å². The number of rotatable bonds is 8. The quantitative estimate of drug-likeness (QED) is 0.345. The Hall–Kier alpha value is -1.14. The number of carbonyl (C=O) groups is 2. The van der Waals surface area contributed by atoms with Crippen molar-refractivity contribution < 1.29 is 29.3 Å². The maximum absolute atomic E-state index is 11.2. The number of hydrogen-bond acceptors (Lipinski definition) is 5. The number of aliphatic hydroxyl groups is 1. The van der Waals surface area contributed by atoms with Crippen LogP contribution in [0.1, 0.15) is 25.7 Å². The summed E-state index contributed by atoms with van der Waals surface area (Å²) in [6, 6.07) is 0. The zero-order valence-corrected chi connectivity index (χ0v) is 8.92. The number of epoxide rings is 1. The average Bonchev–Trinajstić information content (AvgIpc) is 2.90. The minimum atomic E-state index is -0.927. The summed E-state index contributed by atoms with van der Waals surface area (Å²) in [7, 11) is 0. The molecule has 0 aromatic carbocycles. The third-order valence-electron chi connectivity index (χ3n) is 2.25. The van der Waals surface area contributed by atoms with E-state index in [0.717, 1.165) is 0 Å². The van der Waals surface area contributed by atoms with Crippen LogP contribution in [0.15, 0.2) is 0 Å². The van der Waals surface area contributed by atoms with Crippen LogP contribution in [-0.4, -0.2) is 47.6 Å². The van der Waals surface area contributed by atoms with Gasteiger partial charge in [-0.3, -0.25) is 9.59 Å². The lowest BCUT2D eigenvalue weighted by atomic mass is 10.2. The molecule has 6 nitrogen and oxygen atoms in total. The molecule has 1 heterocycles. The molecule has 0 radical (unpaired) electrons. The average molecular weight is 232 g/mol. The second-order valence-corrected chi connectivity index (χ2v) is 3.67. The Labute approximate surface area is 93.2 Å². The predicted molar refractivity (Wildman–Crippen MR) is 52.8 cm³/mol. The van der Waals surface area contributed by atoms with Gasteiger partial charge in [-0.15, -0.1) is 0 Å². The zero-order chi connectivity index (χ0) is 12.0. The molecule has 1 aliphatic rings. The first-order valence-corrected chi connectivity index (χ1v) is 5.27. The largest absolute Gasteiger partial charge is 0.481 e. The molecular weight excluding hydrogens is 216 g/mol. The van der Waals surface area contributed by atoms with Crippen molar-refractivity contribution in [1.82, 2.24) is 0 Å². The fourth-order valence-corrected chi connectivity index (χ4v) is 1.33. The fraction of sp³-hybridized carbons (Fsp3) is 0.800. The van der Waals surface area contributed by atoms with Gasteiger partial charge in [0.2, 0.25) is 0 Å². The minimum Gasteiger partial charge on any atom is -0.481 e. The van der Waals surface area contributed by atoms with Gasteiger partial charge in [0.15, 0.2) is 0 Å². The molecule has 0 aliphatic carbocycles. The van der Waals surface area contributed by atoms with Crippen molar-refractivity contribution in [1.29, 1.82) is 0 Å². The van der Waals surface area contributed by atoms with Crippen molar-refractivity contribution >= 4 is 11.9 Å². The molecule has 0 spiro atoms. The molecule has 0 aromatic rings. The van der Waals surface area contributed by atoms with Crippen molar-refractivity contribution in [3.05, 3.63) is 0 Å². The SMILES string of the molecule is O=C(O)CC1OC1CC(=O)OCCCCO. The molecule has 16 heavy (non-hydrogen) atoms. The highest BCUT2D eigenvalue weighted by atomic mass is 16.6. The Morgan fingerprint density at radius 2 is 1.88 bits per heavy atom. The predicted octanol–water partition coefficient (Wildman–Crippen LogP) is -0.0657. The number of aliphatic hydroxyl groups excluding tert-OH is 1. The second kappa shape index (κ2) is 6.44. The van der Waals surface area contributed by atoms with Crippen LogP contribution in [0, 0.1) is 0 Å². The van der Waals surface area contributed by atoms with Crippen LogP contribution in [-0.2, 0) is 19.1 Å². The molecule has 1 rings (SSSR count). The maximum Gasteiger partial charge on any atom is 0.308 e. The zero-order valence-electron chi connectivity index (χ0n) is 8.92. The highest BCUT2D eigenvalue weighted by Gasteiger charge is 2.41. The number of carbonyl (C=O) groups excluding carboxylic acids is 1. The van der Waals surface area contributed by atoms with Gasteiger partial charge >= 0.3 is 11.9 Å². The van der Waals surface area contributed by atoms with E-state index >= 15 is 0 Å². The standard InChI is InChI=1S/C10H16O6/c11-3-1-2-4-15-10(14)6-8-7(16-8)5-9(12)13/h7-8,11H,1-6H2,(H,12,13). The van der Waals surface area contributed by atoms with Gasteiger partial charge in [0, 0.05) is 6.61 Å². The molecule has 2 N–H and O–H groups in total. The first-order chi connectivity index (χ1) is 7.63. The number of carboxylic acid groups (broad SMARTS) is 1. The monoisotopic (exact) mass is 232 g/mol. The van der Waals surface area contributed by atoms with Crippen molar-refractivity contribution in [2.75, 3.05) is 13.2 Å². The summed E-state index contributed by atoms with van der Waals surface area (Å²) in [4.78, 5) is 21.5. The molecular formula is C10H16O6. The molecule has 0 bridgehead atoms. The Kier molecular flexibility index (Phi) is 5.21. The van der Waals surface area contributed by atoms with Crippen LogP contribution < -0.4 is 0 Å². The van der Waals surface area contributed by atoms with E-state index in [0.29, 0.717) is 12.8 Å². The van der Waals surface area contributed by atoms with Crippen molar-refractivity contribution in [3.8, 4) is 0 Å². The fourth-order valence-electron chi connectivity index (χ4n) is 1.33. The molecule has 0 aromatic heterocycles. The summed E-state index contributed by atoms with van der Waals surface area (Å²) in [6.07, 6.45) is 0.629. The van der Waals surface area contributed by atoms with Crippen LogP contribution >= 0.6 is 0 Å². The van der Waals surface area contributed by atoms with Gasteiger partial charge < -0.3 is 19.7 Å². The lowest BCUT2D eigenvalue weighted by Crippen LogP contribution is -2.11. The van der Waals surface area contributed by atoms with Crippen LogP contribution in [0.5, 0.6) is 0 Å². The van der Waals surface area contributed by atoms with E-state index in [1.165, 1.54) is 0 Å². The second-order valence-electron chi connectivity index (χ2n) is 3.67. The molecule has 2 unspecified atom stereocenters. The number of esters is 1. The summed E-state index contributed by atoms with van der Waals surface area (Å²) in [6.45, 7) is 0.375. The first kappa shape index (κ1) is 12.9. The van der Waals surface area contributed by atoms with Gasteiger partial charge in [-0.05, 0) is 12.8 Å². The Morgan fingerprint density at radius 1 is 1.19 bits per heavy atom. The van der Waals surface area contributed by atoms with Gasteiger partial charge in [0.25, 0.3) is 0 Å². The van der Waals surface area contributed by atoms with E-state index in [9.17, 15) is 9.59 Å². The highest BCUT2D eigenvalue weighted by molar-refractivity contribution is 5.71. The number of unbranched alkanes of at least 4 members (excludes halogenated alkanes) is 1. The van der Waals surface area contributed by atoms with Gasteiger partial charge in [-0.25, -0.2) is 0 Å². The third kappa shape index (κ3) is 5.09. The lowest BCUT2D eigenvalue weighted by molar-refractivity contribution is -0.144. The van der Waals surface area contributed by atoms with E-state index in [1.807, 2.05) is 0 Å². The first-order valence-electron chi connectivity index (χ1n) is 5.27. The molecule has 1 aliphatic heterocycles. The van der Waals surface area contributed by atoms with E-state index in [2.05, 4.69) is 0 Å². The van der Waals surface area contributed by atoms with Crippen molar-refractivity contribution in [2.24, 2.45) is 0 Å². The van der Waals surface area contributed by atoms with Crippen LogP contribution in [0.3, 0.4) is 0 Å². The normalized spacial score (nSPS) is 22.8. The van der Waals surface area contributed by atoms with E-state index in [4.69, 9.17) is 19.7 Å². The van der Waals surface area contributed by atoms with Gasteiger partial charge in [0.05, 0.1) is 31.7 Å². The Bertz CT molecular complexity index is 252. The summed E-state index contributed by atoms with van der Waals surface area (Å²) >= 11 is 0. The van der Waals surface area contributed by atoms with Gasteiger partial charge in [-0.1, -0.05) is 0 Å². The third-order valence-corrected chi connectivity index (χ3v) is 2.25. The summed E-state index contributed by atoms with van der Waals surface area (Å²) in [5.74, 6) is -1.31. The van der Waals surface area contributed by atoms with Gasteiger partial charge in [-0.2, -0.15) is 0 Å². The summed E-state index contributed by atoms with van der Waals surface area (Å²) < 4.78 is 9.88. The molecule has 2 atom stereocenters. The van der Waals surface area contributed by atoms with Crippen LogP contribution in [0.25, 0.3) is 0 Å². The van der Waals surface area contributed by atoms with Crippen molar-refractivity contribution in [3.63, 3.8) is 0 Å². The van der Waals surface area contributed by atoms with E-state index in [-0.39, 0.29) is 44.2 Å². The number of aliphatic carboxylic acids is 1. The molecule has 1 saturated heterocycles. The maximum atomic E-state index is 11.2. The Balaban J connectivity index is 2.01. The van der Waals surface area contributed by atoms with Crippen LogP contribution in [0.4, 0.5) is 0 Å². The minimum absolute atomic E-state index is 0.0670. The molecule has 0 saturated carbocycles. The molecule has 1 fully saturated rings. The van der Waals surface area contributed by atoms with E-state index in [1.54, 1.807) is 0 Å². The molecule has 0 amide bonds. The lowest BCUT2D eigenvalue weighted by Gasteiger charge is -2.02. The number of carboxylic acids is 1. The molecule has 6 heteroatoms. The summed E-state index contributed by atoms with van der Waals surface area (Å²) in [5.41, 5.74) is 0. The highest BCUT2D eigenvalue weighted by Crippen LogP contribution is 2.28. The summed E-state index contributed by atoms with van der Waals surface area (Å²) in [5, 5.41) is 16.9. The number of ether oxygens (including phenoxy) is 2. The Morgan fingerprint density at radius 3 is 2.50 bits per heavy atom. The van der Waals surface area contributed by atoms with E-state index < -0.39 is 5.97 Å². The smallest absolute Gasteiger partial charge is 0.308 e.